The highest BCUT2D eigenvalue weighted by Crippen LogP contribution is 2.27. The van der Waals surface area contributed by atoms with Crippen LogP contribution < -0.4 is 4.90 Å². The number of carbonyl (C=O) groups is 1. The predicted octanol–water partition coefficient (Wildman–Crippen LogP) is 5.46. The van der Waals surface area contributed by atoms with Crippen molar-refractivity contribution in [2.24, 2.45) is 4.99 Å². The lowest BCUT2D eigenvalue weighted by Crippen LogP contribution is -2.45. The van der Waals surface area contributed by atoms with Gasteiger partial charge in [0, 0.05) is 13.0 Å². The zero-order valence-corrected chi connectivity index (χ0v) is 18.9. The third kappa shape index (κ3) is 4.93. The summed E-state index contributed by atoms with van der Waals surface area (Å²) < 4.78 is 5.63. The smallest absolute Gasteiger partial charge is 0.259 e. The Morgan fingerprint density at radius 1 is 1.00 bits per heavy atom. The van der Waals surface area contributed by atoms with Crippen LogP contribution in [0.1, 0.15) is 43.6 Å². The standard InChI is InChI=1S/C27H31N3O2/c1-3-5-16-29(20-24-15-10-17-32-24)27-28-25(19-22-11-7-6-8-12-22)26(31)30(27)23-14-9-13-21(4-2)18-23/h6-15,17-18,25H,3-5,16,19-20H2,1-2H3. The molecule has 2 aromatic carbocycles. The van der Waals surface area contributed by atoms with E-state index in [0.29, 0.717) is 18.9 Å². The first-order chi connectivity index (χ1) is 15.7. The van der Waals surface area contributed by atoms with Crippen LogP contribution in [0, 0.1) is 0 Å². The average molecular weight is 430 g/mol. The molecule has 1 aliphatic heterocycles. The number of benzene rings is 2. The Hall–Kier alpha value is -3.34. The highest BCUT2D eigenvalue weighted by atomic mass is 16.3. The molecule has 1 unspecified atom stereocenters. The third-order valence-corrected chi connectivity index (χ3v) is 5.82. The van der Waals surface area contributed by atoms with Gasteiger partial charge in [-0.1, -0.05) is 62.7 Å². The second-order valence-electron chi connectivity index (χ2n) is 8.19. The maximum absolute atomic E-state index is 13.7. The first-order valence-electron chi connectivity index (χ1n) is 11.5. The summed E-state index contributed by atoms with van der Waals surface area (Å²) in [5.41, 5.74) is 3.20. The van der Waals surface area contributed by atoms with Gasteiger partial charge >= 0.3 is 0 Å². The van der Waals surface area contributed by atoms with E-state index in [0.717, 1.165) is 42.8 Å². The van der Waals surface area contributed by atoms with Gasteiger partial charge in [-0.25, -0.2) is 9.89 Å². The number of aliphatic imine (C=N–C) groups is 1. The van der Waals surface area contributed by atoms with Crippen molar-refractivity contribution in [2.45, 2.75) is 52.1 Å². The molecule has 1 atom stereocenters. The molecule has 0 fully saturated rings. The molecular formula is C27H31N3O2. The minimum Gasteiger partial charge on any atom is -0.467 e. The summed E-state index contributed by atoms with van der Waals surface area (Å²) in [7, 11) is 0. The maximum Gasteiger partial charge on any atom is 0.259 e. The van der Waals surface area contributed by atoms with Crippen LogP contribution in [0.4, 0.5) is 5.69 Å². The van der Waals surface area contributed by atoms with E-state index >= 15 is 0 Å². The monoisotopic (exact) mass is 429 g/mol. The van der Waals surface area contributed by atoms with Gasteiger partial charge in [-0.2, -0.15) is 0 Å². The summed E-state index contributed by atoms with van der Waals surface area (Å²) in [5.74, 6) is 1.61. The van der Waals surface area contributed by atoms with Crippen molar-refractivity contribution in [2.75, 3.05) is 11.4 Å². The Labute approximate surface area is 190 Å². The van der Waals surface area contributed by atoms with Crippen molar-refractivity contribution in [3.05, 3.63) is 89.9 Å². The fourth-order valence-corrected chi connectivity index (χ4v) is 4.04. The Morgan fingerprint density at radius 3 is 2.53 bits per heavy atom. The number of carbonyl (C=O) groups excluding carboxylic acids is 1. The van der Waals surface area contributed by atoms with E-state index in [1.54, 1.807) is 6.26 Å². The summed E-state index contributed by atoms with van der Waals surface area (Å²) in [5, 5.41) is 0. The van der Waals surface area contributed by atoms with Crippen LogP contribution in [0.2, 0.25) is 0 Å². The molecule has 3 aromatic rings. The normalized spacial score (nSPS) is 15.8. The molecule has 0 aliphatic carbocycles. The van der Waals surface area contributed by atoms with E-state index in [2.05, 4.69) is 43.0 Å². The predicted molar refractivity (Wildman–Crippen MR) is 129 cm³/mol. The van der Waals surface area contributed by atoms with Crippen molar-refractivity contribution in [3.8, 4) is 0 Å². The minimum atomic E-state index is -0.432. The molecule has 0 N–H and O–H groups in total. The Morgan fingerprint density at radius 2 is 1.81 bits per heavy atom. The molecular weight excluding hydrogens is 398 g/mol. The van der Waals surface area contributed by atoms with Crippen LogP contribution in [0.25, 0.3) is 0 Å². The van der Waals surface area contributed by atoms with E-state index in [4.69, 9.17) is 9.41 Å². The molecule has 4 rings (SSSR count). The van der Waals surface area contributed by atoms with Gasteiger partial charge < -0.3 is 9.32 Å². The van der Waals surface area contributed by atoms with Gasteiger partial charge in [0.05, 0.1) is 18.5 Å². The van der Waals surface area contributed by atoms with Crippen molar-refractivity contribution < 1.29 is 9.21 Å². The number of furan rings is 1. The van der Waals surface area contributed by atoms with Gasteiger partial charge in [-0.15, -0.1) is 0 Å². The number of unbranched alkanes of at least 4 members (excludes halogenated alkanes) is 1. The van der Waals surface area contributed by atoms with Crippen molar-refractivity contribution in [1.82, 2.24) is 4.90 Å². The van der Waals surface area contributed by atoms with Gasteiger partial charge in [0.2, 0.25) is 5.96 Å². The lowest BCUT2D eigenvalue weighted by molar-refractivity contribution is -0.118. The molecule has 1 amide bonds. The molecule has 0 saturated heterocycles. The second-order valence-corrected chi connectivity index (χ2v) is 8.19. The largest absolute Gasteiger partial charge is 0.467 e. The van der Waals surface area contributed by atoms with Crippen molar-refractivity contribution >= 4 is 17.6 Å². The number of anilines is 1. The van der Waals surface area contributed by atoms with Crippen LogP contribution in [0.3, 0.4) is 0 Å². The number of guanidine groups is 1. The molecule has 0 saturated carbocycles. The molecule has 1 aromatic heterocycles. The van der Waals surface area contributed by atoms with E-state index in [-0.39, 0.29) is 5.91 Å². The minimum absolute atomic E-state index is 0.0260. The lowest BCUT2D eigenvalue weighted by Gasteiger charge is -2.29. The van der Waals surface area contributed by atoms with Gasteiger partial charge in [0.1, 0.15) is 11.8 Å². The number of hydrogen-bond acceptors (Lipinski definition) is 4. The molecule has 5 nitrogen and oxygen atoms in total. The van der Waals surface area contributed by atoms with Crippen LogP contribution in [-0.4, -0.2) is 29.4 Å². The van der Waals surface area contributed by atoms with Gasteiger partial charge in [-0.05, 0) is 48.2 Å². The van der Waals surface area contributed by atoms with E-state index in [1.807, 2.05) is 47.4 Å². The molecule has 166 valence electrons. The zero-order valence-electron chi connectivity index (χ0n) is 18.9. The van der Waals surface area contributed by atoms with Gasteiger partial charge in [-0.3, -0.25) is 4.79 Å². The summed E-state index contributed by atoms with van der Waals surface area (Å²) >= 11 is 0. The zero-order chi connectivity index (χ0) is 22.3. The first-order valence-corrected chi connectivity index (χ1v) is 11.5. The highest BCUT2D eigenvalue weighted by molar-refractivity contribution is 6.22. The molecule has 1 aliphatic rings. The maximum atomic E-state index is 13.7. The van der Waals surface area contributed by atoms with E-state index < -0.39 is 6.04 Å². The molecule has 32 heavy (non-hydrogen) atoms. The van der Waals surface area contributed by atoms with E-state index in [1.165, 1.54) is 5.56 Å². The fraction of sp³-hybridized carbons (Fsp3) is 0.333. The van der Waals surface area contributed by atoms with Crippen molar-refractivity contribution in [3.63, 3.8) is 0 Å². The Balaban J connectivity index is 1.71. The highest BCUT2D eigenvalue weighted by Gasteiger charge is 2.38. The topological polar surface area (TPSA) is 49.1 Å². The van der Waals surface area contributed by atoms with Crippen LogP contribution in [0.15, 0.2) is 82.4 Å². The SMILES string of the molecule is CCCCN(Cc1ccco1)C1=NC(Cc2ccccc2)C(=O)N1c1cccc(CC)c1. The summed E-state index contributed by atoms with van der Waals surface area (Å²) in [6.45, 7) is 5.70. The van der Waals surface area contributed by atoms with Crippen LogP contribution in [0.5, 0.6) is 0 Å². The first kappa shape index (κ1) is 21.9. The number of nitrogens with zero attached hydrogens (tertiary/aromatic N) is 3. The summed E-state index contributed by atoms with van der Waals surface area (Å²) in [4.78, 5) is 22.6. The van der Waals surface area contributed by atoms with Crippen LogP contribution in [-0.2, 0) is 24.2 Å². The van der Waals surface area contributed by atoms with Crippen molar-refractivity contribution in [1.29, 1.82) is 0 Å². The number of amides is 1. The average Bonchev–Trinajstić information content (AvgIpc) is 3.45. The molecule has 0 radical (unpaired) electrons. The van der Waals surface area contributed by atoms with Gasteiger partial charge in [0.15, 0.2) is 0 Å². The summed E-state index contributed by atoms with van der Waals surface area (Å²) in [6.07, 6.45) is 5.28. The Bertz CT molecular complexity index is 1040. The lowest BCUT2D eigenvalue weighted by atomic mass is 10.1. The molecule has 0 bridgehead atoms. The molecule has 5 heteroatoms. The number of rotatable bonds is 9. The second kappa shape index (κ2) is 10.3. The number of hydrogen-bond donors (Lipinski definition) is 0. The summed E-state index contributed by atoms with van der Waals surface area (Å²) in [6, 6.07) is 21.8. The fourth-order valence-electron chi connectivity index (χ4n) is 4.04. The Kier molecular flexibility index (Phi) is 7.05. The quantitative estimate of drug-likeness (QED) is 0.454. The molecule has 2 heterocycles. The van der Waals surface area contributed by atoms with Crippen LogP contribution >= 0.6 is 0 Å². The third-order valence-electron chi connectivity index (χ3n) is 5.82. The number of aryl methyl sites for hydroxylation is 1. The van der Waals surface area contributed by atoms with E-state index in [9.17, 15) is 4.79 Å². The molecule has 0 spiro atoms. The van der Waals surface area contributed by atoms with Gasteiger partial charge in [0.25, 0.3) is 5.91 Å².